The highest BCUT2D eigenvalue weighted by molar-refractivity contribution is 5.35. The molecule has 0 radical (unpaired) electrons. The van der Waals surface area contributed by atoms with Crippen molar-refractivity contribution in [1.82, 2.24) is 4.90 Å². The van der Waals surface area contributed by atoms with Gasteiger partial charge in [0, 0.05) is 18.2 Å². The lowest BCUT2D eigenvalue weighted by Crippen LogP contribution is -2.29. The highest BCUT2D eigenvalue weighted by atomic mass is 16.5. The van der Waals surface area contributed by atoms with Crippen LogP contribution in [0.1, 0.15) is 25.5 Å². The van der Waals surface area contributed by atoms with Crippen molar-refractivity contribution in [1.29, 1.82) is 0 Å². The van der Waals surface area contributed by atoms with E-state index >= 15 is 0 Å². The third-order valence-corrected chi connectivity index (χ3v) is 2.93. The van der Waals surface area contributed by atoms with Crippen LogP contribution in [0.3, 0.4) is 0 Å². The normalized spacial score (nSPS) is 12.8. The summed E-state index contributed by atoms with van der Waals surface area (Å²) in [5.41, 5.74) is 1.17. The molecule has 1 N–H and O–H groups in total. The standard InChI is InChI=1S/C13H21NO2/c1-4-14(9-10-15)11(2)12-7-5-6-8-13(12)16-3/h5-8,11,15H,4,9-10H2,1-3H3/t11-/m0/s1. The third-order valence-electron chi connectivity index (χ3n) is 2.93. The Morgan fingerprint density at radius 3 is 2.62 bits per heavy atom. The van der Waals surface area contributed by atoms with Crippen LogP contribution in [0.2, 0.25) is 0 Å². The Hall–Kier alpha value is -1.06. The van der Waals surface area contributed by atoms with E-state index in [1.165, 1.54) is 5.56 Å². The van der Waals surface area contributed by atoms with E-state index in [0.717, 1.165) is 12.3 Å². The van der Waals surface area contributed by atoms with Crippen LogP contribution < -0.4 is 4.74 Å². The highest BCUT2D eigenvalue weighted by Crippen LogP contribution is 2.28. The summed E-state index contributed by atoms with van der Waals surface area (Å²) in [5.74, 6) is 0.909. The van der Waals surface area contributed by atoms with Crippen LogP contribution in [0.25, 0.3) is 0 Å². The molecule has 0 bridgehead atoms. The van der Waals surface area contributed by atoms with Gasteiger partial charge < -0.3 is 9.84 Å². The number of methoxy groups -OCH3 is 1. The number of aliphatic hydroxyl groups is 1. The first kappa shape index (κ1) is 13.0. The zero-order valence-electron chi connectivity index (χ0n) is 10.3. The van der Waals surface area contributed by atoms with E-state index in [2.05, 4.69) is 24.8 Å². The fraction of sp³-hybridized carbons (Fsp3) is 0.538. The SMILES string of the molecule is CCN(CCO)[C@@H](C)c1ccccc1OC. The molecule has 0 aliphatic heterocycles. The molecule has 0 heterocycles. The Morgan fingerprint density at radius 2 is 2.06 bits per heavy atom. The maximum absolute atomic E-state index is 9.02. The van der Waals surface area contributed by atoms with Gasteiger partial charge >= 0.3 is 0 Å². The van der Waals surface area contributed by atoms with Gasteiger partial charge in [0.25, 0.3) is 0 Å². The van der Waals surface area contributed by atoms with Crippen molar-refractivity contribution in [3.8, 4) is 5.75 Å². The van der Waals surface area contributed by atoms with Crippen LogP contribution in [0.15, 0.2) is 24.3 Å². The molecule has 0 spiro atoms. The molecule has 1 rings (SSSR count). The van der Waals surface area contributed by atoms with Gasteiger partial charge in [-0.15, -0.1) is 0 Å². The zero-order chi connectivity index (χ0) is 12.0. The maximum Gasteiger partial charge on any atom is 0.123 e. The number of likely N-dealkylation sites (N-methyl/N-ethyl adjacent to an activating group) is 1. The molecule has 90 valence electrons. The lowest BCUT2D eigenvalue weighted by molar-refractivity contribution is 0.163. The fourth-order valence-electron chi connectivity index (χ4n) is 1.96. The van der Waals surface area contributed by atoms with E-state index < -0.39 is 0 Å². The first-order chi connectivity index (χ1) is 7.74. The average Bonchev–Trinajstić information content (AvgIpc) is 2.35. The molecule has 0 saturated carbocycles. The Balaban J connectivity index is 2.88. The van der Waals surface area contributed by atoms with Gasteiger partial charge in [-0.3, -0.25) is 4.90 Å². The van der Waals surface area contributed by atoms with Gasteiger partial charge in [0.2, 0.25) is 0 Å². The Kier molecular flexibility index (Phi) is 5.29. The van der Waals surface area contributed by atoms with Crippen molar-refractivity contribution >= 4 is 0 Å². The monoisotopic (exact) mass is 223 g/mol. The number of hydrogen-bond acceptors (Lipinski definition) is 3. The minimum absolute atomic E-state index is 0.188. The van der Waals surface area contributed by atoms with Crippen molar-refractivity contribution in [2.45, 2.75) is 19.9 Å². The second kappa shape index (κ2) is 6.51. The van der Waals surface area contributed by atoms with Gasteiger partial charge in [0.1, 0.15) is 5.75 Å². The summed E-state index contributed by atoms with van der Waals surface area (Å²) in [6, 6.07) is 8.29. The maximum atomic E-state index is 9.02. The van der Waals surface area contributed by atoms with Crippen LogP contribution in [-0.4, -0.2) is 36.8 Å². The Labute approximate surface area is 97.7 Å². The first-order valence-electron chi connectivity index (χ1n) is 5.72. The summed E-state index contributed by atoms with van der Waals surface area (Å²) in [6.07, 6.45) is 0. The minimum atomic E-state index is 0.188. The van der Waals surface area contributed by atoms with E-state index in [0.29, 0.717) is 6.54 Å². The predicted octanol–water partition coefficient (Wildman–Crippen LogP) is 2.07. The molecule has 0 aliphatic carbocycles. The van der Waals surface area contributed by atoms with Crippen molar-refractivity contribution < 1.29 is 9.84 Å². The molecule has 0 unspecified atom stereocenters. The third kappa shape index (κ3) is 2.97. The Bertz CT molecular complexity index is 315. The lowest BCUT2D eigenvalue weighted by atomic mass is 10.1. The zero-order valence-corrected chi connectivity index (χ0v) is 10.3. The molecular formula is C13H21NO2. The molecule has 0 fully saturated rings. The van der Waals surface area contributed by atoms with E-state index in [1.54, 1.807) is 7.11 Å². The summed E-state index contributed by atoms with van der Waals surface area (Å²) in [6.45, 7) is 6.03. The van der Waals surface area contributed by atoms with E-state index in [4.69, 9.17) is 9.84 Å². The van der Waals surface area contributed by atoms with Gasteiger partial charge in [-0.1, -0.05) is 25.1 Å². The average molecular weight is 223 g/mol. The number of rotatable bonds is 6. The second-order valence-electron chi connectivity index (χ2n) is 3.77. The van der Waals surface area contributed by atoms with Gasteiger partial charge in [-0.05, 0) is 19.5 Å². The van der Waals surface area contributed by atoms with Crippen molar-refractivity contribution in [3.63, 3.8) is 0 Å². The number of benzene rings is 1. The van der Waals surface area contributed by atoms with Crippen LogP contribution >= 0.6 is 0 Å². The number of nitrogens with zero attached hydrogens (tertiary/aromatic N) is 1. The van der Waals surface area contributed by atoms with Gasteiger partial charge in [-0.25, -0.2) is 0 Å². The predicted molar refractivity (Wildman–Crippen MR) is 65.7 cm³/mol. The molecule has 0 amide bonds. The summed E-state index contributed by atoms with van der Waals surface area (Å²) in [4.78, 5) is 2.22. The van der Waals surface area contributed by atoms with Crippen LogP contribution in [0.5, 0.6) is 5.75 Å². The van der Waals surface area contributed by atoms with Crippen molar-refractivity contribution in [3.05, 3.63) is 29.8 Å². The van der Waals surface area contributed by atoms with Crippen LogP contribution in [0, 0.1) is 0 Å². The van der Waals surface area contributed by atoms with Crippen molar-refractivity contribution in [2.75, 3.05) is 26.8 Å². The number of para-hydroxylation sites is 1. The fourth-order valence-corrected chi connectivity index (χ4v) is 1.96. The van der Waals surface area contributed by atoms with Crippen LogP contribution in [0.4, 0.5) is 0 Å². The second-order valence-corrected chi connectivity index (χ2v) is 3.77. The molecule has 3 heteroatoms. The molecule has 0 aromatic heterocycles. The summed E-state index contributed by atoms with van der Waals surface area (Å²) < 4.78 is 5.35. The van der Waals surface area contributed by atoms with Gasteiger partial charge in [0.05, 0.1) is 13.7 Å². The molecule has 0 aliphatic rings. The largest absolute Gasteiger partial charge is 0.496 e. The molecule has 1 atom stereocenters. The van der Waals surface area contributed by atoms with Gasteiger partial charge in [0.15, 0.2) is 0 Å². The molecule has 16 heavy (non-hydrogen) atoms. The number of hydrogen-bond donors (Lipinski definition) is 1. The quantitative estimate of drug-likeness (QED) is 0.801. The molecular weight excluding hydrogens is 202 g/mol. The van der Waals surface area contributed by atoms with E-state index in [-0.39, 0.29) is 12.6 Å². The van der Waals surface area contributed by atoms with E-state index in [9.17, 15) is 0 Å². The lowest BCUT2D eigenvalue weighted by Gasteiger charge is -2.28. The summed E-state index contributed by atoms with van der Waals surface area (Å²) in [5, 5.41) is 9.02. The van der Waals surface area contributed by atoms with Gasteiger partial charge in [-0.2, -0.15) is 0 Å². The number of aliphatic hydroxyl groups excluding tert-OH is 1. The molecule has 1 aromatic rings. The summed E-state index contributed by atoms with van der Waals surface area (Å²) in [7, 11) is 1.69. The highest BCUT2D eigenvalue weighted by Gasteiger charge is 2.16. The minimum Gasteiger partial charge on any atom is -0.496 e. The molecule has 0 saturated heterocycles. The van der Waals surface area contributed by atoms with E-state index in [1.807, 2.05) is 18.2 Å². The molecule has 1 aromatic carbocycles. The smallest absolute Gasteiger partial charge is 0.123 e. The van der Waals surface area contributed by atoms with Crippen LogP contribution in [-0.2, 0) is 0 Å². The number of ether oxygens (including phenoxy) is 1. The van der Waals surface area contributed by atoms with Crippen molar-refractivity contribution in [2.24, 2.45) is 0 Å². The topological polar surface area (TPSA) is 32.7 Å². The Morgan fingerprint density at radius 1 is 1.38 bits per heavy atom. The summed E-state index contributed by atoms with van der Waals surface area (Å²) >= 11 is 0. The molecule has 3 nitrogen and oxygen atoms in total. The first-order valence-corrected chi connectivity index (χ1v) is 5.72.